The van der Waals surface area contributed by atoms with Crippen molar-refractivity contribution in [3.63, 3.8) is 0 Å². The summed E-state index contributed by atoms with van der Waals surface area (Å²) in [6, 6.07) is 13.5. The maximum absolute atomic E-state index is 10.1. The summed E-state index contributed by atoms with van der Waals surface area (Å²) < 4.78 is 9.57. The van der Waals surface area contributed by atoms with Gasteiger partial charge in [0.25, 0.3) is 0 Å². The molecule has 32 heavy (non-hydrogen) atoms. The number of nitrogens with zero attached hydrogens (tertiary/aromatic N) is 6. The van der Waals surface area contributed by atoms with Gasteiger partial charge in [-0.05, 0) is 47.4 Å². The van der Waals surface area contributed by atoms with Gasteiger partial charge in [0.1, 0.15) is 11.5 Å². The summed E-state index contributed by atoms with van der Waals surface area (Å²) in [4.78, 5) is 0. The number of thiol groups is 1. The van der Waals surface area contributed by atoms with Gasteiger partial charge in [-0.2, -0.15) is 0 Å². The van der Waals surface area contributed by atoms with Crippen molar-refractivity contribution in [3.05, 3.63) is 66.0 Å². The third kappa shape index (κ3) is 5.11. The number of phenols is 1. The maximum Gasteiger partial charge on any atom is 0.188 e. The van der Waals surface area contributed by atoms with Crippen molar-refractivity contribution in [2.24, 2.45) is 0 Å². The minimum Gasteiger partial charge on any atom is -0.508 e. The number of aromatic hydroxyl groups is 1. The maximum atomic E-state index is 10.1. The molecule has 0 aliphatic carbocycles. The highest BCUT2D eigenvalue weighted by molar-refractivity contribution is 7.80. The van der Waals surface area contributed by atoms with Gasteiger partial charge in [-0.1, -0.05) is 31.2 Å². The lowest BCUT2D eigenvalue weighted by atomic mass is 9.99. The van der Waals surface area contributed by atoms with Crippen LogP contribution in [0.2, 0.25) is 0 Å². The number of aromatic nitrogens is 6. The zero-order valence-electron chi connectivity index (χ0n) is 18.1. The van der Waals surface area contributed by atoms with Crippen molar-refractivity contribution in [2.45, 2.75) is 44.4 Å². The zero-order valence-corrected chi connectivity index (χ0v) is 19.0. The minimum atomic E-state index is 0.200. The Morgan fingerprint density at radius 2 is 1.91 bits per heavy atom. The Morgan fingerprint density at radius 1 is 1.09 bits per heavy atom. The quantitative estimate of drug-likeness (QED) is 0.294. The molecule has 166 valence electrons. The highest BCUT2D eigenvalue weighted by atomic mass is 32.1. The van der Waals surface area contributed by atoms with Crippen LogP contribution in [0, 0.1) is 0 Å². The fraction of sp³-hybridized carbons (Fsp3) is 0.304. The van der Waals surface area contributed by atoms with E-state index in [0.29, 0.717) is 24.1 Å². The average molecular weight is 451 g/mol. The summed E-state index contributed by atoms with van der Waals surface area (Å²) in [5.74, 6) is 2.02. The number of rotatable bonds is 9. The van der Waals surface area contributed by atoms with Crippen LogP contribution in [0.25, 0.3) is 11.4 Å². The first-order valence-electron chi connectivity index (χ1n) is 10.5. The van der Waals surface area contributed by atoms with E-state index in [1.54, 1.807) is 16.9 Å². The molecule has 9 heteroatoms. The normalized spacial score (nSPS) is 11.2. The van der Waals surface area contributed by atoms with Crippen molar-refractivity contribution in [2.75, 3.05) is 6.61 Å². The molecule has 4 rings (SSSR count). The van der Waals surface area contributed by atoms with E-state index in [4.69, 9.17) is 4.74 Å². The molecule has 8 nitrogen and oxygen atoms in total. The summed E-state index contributed by atoms with van der Waals surface area (Å²) in [6.07, 6.45) is 4.36. The Hall–Kier alpha value is -3.33. The second-order valence-electron chi connectivity index (χ2n) is 7.85. The van der Waals surface area contributed by atoms with Crippen LogP contribution in [0.1, 0.15) is 37.3 Å². The number of phenolic OH excluding ortho intramolecular Hbond substituents is 1. The van der Waals surface area contributed by atoms with E-state index in [2.05, 4.69) is 33.1 Å². The molecule has 2 heterocycles. The fourth-order valence-electron chi connectivity index (χ4n) is 3.45. The summed E-state index contributed by atoms with van der Waals surface area (Å²) in [7, 11) is 0. The molecule has 0 atom stereocenters. The molecule has 0 aliphatic heterocycles. The third-order valence-corrected chi connectivity index (χ3v) is 5.51. The second kappa shape index (κ2) is 9.86. The summed E-state index contributed by atoms with van der Waals surface area (Å²) in [5.41, 5.74) is 2.86. The van der Waals surface area contributed by atoms with Crippen LogP contribution >= 0.6 is 12.6 Å². The molecule has 0 radical (unpaired) electrons. The molecule has 4 aromatic rings. The van der Waals surface area contributed by atoms with Crippen LogP contribution < -0.4 is 4.74 Å². The van der Waals surface area contributed by atoms with Gasteiger partial charge in [-0.25, -0.2) is 0 Å². The lowest BCUT2D eigenvalue weighted by Crippen LogP contribution is -2.06. The Labute approximate surface area is 192 Å². The SMILES string of the molecule is CC(C)c1cc(-c2nnc(S)n2Cc2ccc(OCCCn3ccnn3)cc2)ccc1O. The van der Waals surface area contributed by atoms with Gasteiger partial charge in [-0.3, -0.25) is 9.25 Å². The summed E-state index contributed by atoms with van der Waals surface area (Å²) in [6.45, 7) is 6.05. The van der Waals surface area contributed by atoms with E-state index in [-0.39, 0.29) is 11.7 Å². The number of ether oxygens (including phenoxy) is 1. The van der Waals surface area contributed by atoms with E-state index in [1.165, 1.54) is 0 Å². The highest BCUT2D eigenvalue weighted by Gasteiger charge is 2.15. The van der Waals surface area contributed by atoms with Crippen molar-refractivity contribution in [3.8, 4) is 22.9 Å². The molecule has 0 fully saturated rings. The van der Waals surface area contributed by atoms with Crippen LogP contribution in [0.4, 0.5) is 0 Å². The number of hydrogen-bond acceptors (Lipinski definition) is 7. The Kier molecular flexibility index (Phi) is 6.75. The smallest absolute Gasteiger partial charge is 0.188 e. The monoisotopic (exact) mass is 450 g/mol. The lowest BCUT2D eigenvalue weighted by Gasteiger charge is -2.13. The molecule has 2 aromatic carbocycles. The van der Waals surface area contributed by atoms with Gasteiger partial charge >= 0.3 is 0 Å². The van der Waals surface area contributed by atoms with Crippen LogP contribution in [0.5, 0.6) is 11.5 Å². The molecule has 1 N–H and O–H groups in total. The Balaban J connectivity index is 1.42. The molecular weight excluding hydrogens is 424 g/mol. The fourth-order valence-corrected chi connectivity index (χ4v) is 3.66. The Bertz CT molecular complexity index is 1160. The first-order valence-corrected chi connectivity index (χ1v) is 11.0. The van der Waals surface area contributed by atoms with Gasteiger partial charge in [0, 0.05) is 24.7 Å². The summed E-state index contributed by atoms with van der Waals surface area (Å²) in [5, 5.41) is 26.9. The molecule has 0 spiro atoms. The van der Waals surface area contributed by atoms with Crippen molar-refractivity contribution in [1.29, 1.82) is 0 Å². The first kappa shape index (κ1) is 21.9. The van der Waals surface area contributed by atoms with E-state index >= 15 is 0 Å². The van der Waals surface area contributed by atoms with E-state index in [9.17, 15) is 5.11 Å². The molecule has 0 saturated heterocycles. The molecule has 2 aromatic heterocycles. The van der Waals surface area contributed by atoms with E-state index in [1.807, 2.05) is 61.0 Å². The Morgan fingerprint density at radius 3 is 2.62 bits per heavy atom. The van der Waals surface area contributed by atoms with Crippen molar-refractivity contribution >= 4 is 12.6 Å². The predicted molar refractivity (Wildman–Crippen MR) is 124 cm³/mol. The molecular formula is C23H26N6O2S. The van der Waals surface area contributed by atoms with Gasteiger partial charge in [0.15, 0.2) is 11.0 Å². The van der Waals surface area contributed by atoms with Gasteiger partial charge < -0.3 is 9.84 Å². The lowest BCUT2D eigenvalue weighted by molar-refractivity contribution is 0.298. The number of aryl methyl sites for hydroxylation is 1. The molecule has 0 aliphatic rings. The van der Waals surface area contributed by atoms with Crippen LogP contribution in [0.15, 0.2) is 60.0 Å². The zero-order chi connectivity index (χ0) is 22.5. The topological polar surface area (TPSA) is 90.9 Å². The molecule has 0 unspecified atom stereocenters. The molecule has 0 bridgehead atoms. The van der Waals surface area contributed by atoms with Crippen LogP contribution in [0.3, 0.4) is 0 Å². The van der Waals surface area contributed by atoms with Crippen molar-refractivity contribution in [1.82, 2.24) is 29.8 Å². The predicted octanol–water partition coefficient (Wildman–Crippen LogP) is 4.17. The number of hydrogen-bond donors (Lipinski definition) is 2. The van der Waals surface area contributed by atoms with Gasteiger partial charge in [0.2, 0.25) is 0 Å². The van der Waals surface area contributed by atoms with E-state index in [0.717, 1.165) is 35.4 Å². The second-order valence-corrected chi connectivity index (χ2v) is 8.25. The first-order chi connectivity index (χ1) is 15.5. The molecule has 0 saturated carbocycles. The largest absolute Gasteiger partial charge is 0.508 e. The number of benzene rings is 2. The molecule has 0 amide bonds. The van der Waals surface area contributed by atoms with Crippen LogP contribution in [-0.2, 0) is 13.1 Å². The third-order valence-electron chi connectivity index (χ3n) is 5.18. The minimum absolute atomic E-state index is 0.200. The standard InChI is InChI=1S/C23H26N6O2S/c1-16(2)20-14-18(6-9-21(20)30)22-25-26-23(32)29(22)15-17-4-7-19(8-5-17)31-13-3-11-28-12-10-24-27-28/h4-10,12,14,16,30H,3,11,13,15H2,1-2H3,(H,26,32). The van der Waals surface area contributed by atoms with Crippen molar-refractivity contribution < 1.29 is 9.84 Å². The van der Waals surface area contributed by atoms with Crippen LogP contribution in [-0.4, -0.2) is 41.5 Å². The average Bonchev–Trinajstić information content (AvgIpc) is 3.43. The van der Waals surface area contributed by atoms with Gasteiger partial charge in [-0.15, -0.1) is 27.9 Å². The highest BCUT2D eigenvalue weighted by Crippen LogP contribution is 2.31. The van der Waals surface area contributed by atoms with E-state index < -0.39 is 0 Å². The summed E-state index contributed by atoms with van der Waals surface area (Å²) >= 11 is 4.49. The van der Waals surface area contributed by atoms with Gasteiger partial charge in [0.05, 0.1) is 19.3 Å².